The molecular formula is C15H28. The van der Waals surface area contributed by atoms with Crippen LogP contribution in [-0.4, -0.2) is 0 Å². The third-order valence-corrected chi connectivity index (χ3v) is 5.06. The van der Waals surface area contributed by atoms with Gasteiger partial charge in [0.1, 0.15) is 0 Å². The van der Waals surface area contributed by atoms with E-state index in [0.29, 0.717) is 0 Å². The minimum atomic E-state index is 1.06. The van der Waals surface area contributed by atoms with E-state index in [0.717, 1.165) is 23.7 Å². The highest BCUT2D eigenvalue weighted by atomic mass is 14.5. The van der Waals surface area contributed by atoms with Gasteiger partial charge < -0.3 is 0 Å². The molecule has 0 spiro atoms. The van der Waals surface area contributed by atoms with Crippen LogP contribution in [0.15, 0.2) is 0 Å². The molecular weight excluding hydrogens is 180 g/mol. The maximum atomic E-state index is 2.38. The first-order chi connectivity index (χ1) is 7.35. The Labute approximate surface area is 95.8 Å². The molecule has 0 aromatic heterocycles. The highest BCUT2D eigenvalue weighted by Crippen LogP contribution is 2.50. The van der Waals surface area contributed by atoms with Gasteiger partial charge in [0.2, 0.25) is 0 Å². The van der Waals surface area contributed by atoms with Gasteiger partial charge in [-0.25, -0.2) is 0 Å². The second-order valence-corrected chi connectivity index (χ2v) is 5.96. The fourth-order valence-corrected chi connectivity index (χ4v) is 3.78. The summed E-state index contributed by atoms with van der Waals surface area (Å²) in [6, 6.07) is 0. The largest absolute Gasteiger partial charge is 0.0651 e. The van der Waals surface area contributed by atoms with Crippen LogP contribution in [0.3, 0.4) is 0 Å². The van der Waals surface area contributed by atoms with E-state index in [-0.39, 0.29) is 0 Å². The lowest BCUT2D eigenvalue weighted by Crippen LogP contribution is -2.11. The number of rotatable bonds is 3. The van der Waals surface area contributed by atoms with Gasteiger partial charge >= 0.3 is 0 Å². The minimum absolute atomic E-state index is 1.06. The molecule has 0 saturated heterocycles. The van der Waals surface area contributed by atoms with Gasteiger partial charge in [-0.1, -0.05) is 65.2 Å². The van der Waals surface area contributed by atoms with E-state index in [1.807, 2.05) is 0 Å². The molecule has 2 atom stereocenters. The summed E-state index contributed by atoms with van der Waals surface area (Å²) in [6.45, 7) is 4.75. The van der Waals surface area contributed by atoms with Crippen LogP contribution in [0.1, 0.15) is 71.6 Å². The van der Waals surface area contributed by atoms with E-state index in [9.17, 15) is 0 Å². The van der Waals surface area contributed by atoms with Crippen LogP contribution in [0, 0.1) is 23.7 Å². The van der Waals surface area contributed by atoms with Crippen molar-refractivity contribution in [3.8, 4) is 0 Å². The normalized spacial score (nSPS) is 42.0. The summed E-state index contributed by atoms with van der Waals surface area (Å²) < 4.78 is 0. The molecule has 0 N–H and O–H groups in total. The molecule has 2 unspecified atom stereocenters. The summed E-state index contributed by atoms with van der Waals surface area (Å²) in [5.74, 6) is 4.45. The molecule has 15 heavy (non-hydrogen) atoms. The van der Waals surface area contributed by atoms with Crippen molar-refractivity contribution in [2.75, 3.05) is 0 Å². The van der Waals surface area contributed by atoms with Crippen molar-refractivity contribution in [3.05, 3.63) is 0 Å². The molecule has 2 fully saturated rings. The van der Waals surface area contributed by atoms with Crippen LogP contribution in [0.5, 0.6) is 0 Å². The summed E-state index contributed by atoms with van der Waals surface area (Å²) in [6.07, 6.45) is 13.6. The summed E-state index contributed by atoms with van der Waals surface area (Å²) >= 11 is 0. The topological polar surface area (TPSA) is 0 Å². The fourth-order valence-electron chi connectivity index (χ4n) is 3.78. The Morgan fingerprint density at radius 3 is 2.00 bits per heavy atom. The molecule has 0 radical (unpaired) electrons. The first kappa shape index (κ1) is 11.5. The van der Waals surface area contributed by atoms with Crippen molar-refractivity contribution in [2.45, 2.75) is 71.6 Å². The Morgan fingerprint density at radius 1 is 0.867 bits per heavy atom. The number of hydrogen-bond acceptors (Lipinski definition) is 0. The van der Waals surface area contributed by atoms with Crippen molar-refractivity contribution < 1.29 is 0 Å². The first-order valence-electron chi connectivity index (χ1n) is 7.35. The SMILES string of the molecule is CCC1CCCC(C2CC2CC)CCC1. The van der Waals surface area contributed by atoms with E-state index in [4.69, 9.17) is 0 Å². The van der Waals surface area contributed by atoms with Gasteiger partial charge in [0.05, 0.1) is 0 Å². The summed E-state index contributed by atoms with van der Waals surface area (Å²) in [5.41, 5.74) is 0. The second kappa shape index (κ2) is 5.37. The molecule has 0 aromatic rings. The average Bonchev–Trinajstić information content (AvgIpc) is 2.97. The zero-order valence-corrected chi connectivity index (χ0v) is 10.7. The van der Waals surface area contributed by atoms with Crippen LogP contribution in [0.4, 0.5) is 0 Å². The highest BCUT2D eigenvalue weighted by Gasteiger charge is 2.40. The second-order valence-electron chi connectivity index (χ2n) is 5.96. The van der Waals surface area contributed by atoms with Crippen molar-refractivity contribution in [2.24, 2.45) is 23.7 Å². The average molecular weight is 208 g/mol. The molecule has 2 aliphatic carbocycles. The maximum absolute atomic E-state index is 2.38. The minimum Gasteiger partial charge on any atom is -0.0651 e. The Morgan fingerprint density at radius 2 is 1.53 bits per heavy atom. The third-order valence-electron chi connectivity index (χ3n) is 5.06. The van der Waals surface area contributed by atoms with Gasteiger partial charge in [0.15, 0.2) is 0 Å². The lowest BCUT2D eigenvalue weighted by Gasteiger charge is -2.24. The Balaban J connectivity index is 1.75. The predicted octanol–water partition coefficient (Wildman–Crippen LogP) is 5.03. The van der Waals surface area contributed by atoms with Gasteiger partial charge in [0, 0.05) is 0 Å². The van der Waals surface area contributed by atoms with Crippen molar-refractivity contribution >= 4 is 0 Å². The quantitative estimate of drug-likeness (QED) is 0.610. The van der Waals surface area contributed by atoms with Gasteiger partial charge in [-0.2, -0.15) is 0 Å². The van der Waals surface area contributed by atoms with Crippen LogP contribution in [0.2, 0.25) is 0 Å². The van der Waals surface area contributed by atoms with Gasteiger partial charge in [-0.3, -0.25) is 0 Å². The van der Waals surface area contributed by atoms with Crippen LogP contribution >= 0.6 is 0 Å². The van der Waals surface area contributed by atoms with E-state index in [1.54, 1.807) is 19.3 Å². The van der Waals surface area contributed by atoms with Crippen molar-refractivity contribution in [1.29, 1.82) is 0 Å². The summed E-state index contributed by atoms with van der Waals surface area (Å²) in [5, 5.41) is 0. The summed E-state index contributed by atoms with van der Waals surface area (Å²) in [4.78, 5) is 0. The molecule has 0 aromatic carbocycles. The number of hydrogen-bond donors (Lipinski definition) is 0. The molecule has 2 saturated carbocycles. The maximum Gasteiger partial charge on any atom is -0.0355 e. The smallest absolute Gasteiger partial charge is 0.0355 e. The monoisotopic (exact) mass is 208 g/mol. The summed E-state index contributed by atoms with van der Waals surface area (Å²) in [7, 11) is 0. The lowest BCUT2D eigenvalue weighted by molar-refractivity contribution is 0.283. The Hall–Kier alpha value is 0. The van der Waals surface area contributed by atoms with E-state index in [1.165, 1.54) is 38.5 Å². The van der Waals surface area contributed by atoms with Gasteiger partial charge in [0.25, 0.3) is 0 Å². The molecule has 0 amide bonds. The van der Waals surface area contributed by atoms with Gasteiger partial charge in [-0.15, -0.1) is 0 Å². The lowest BCUT2D eigenvalue weighted by atomic mass is 9.82. The Kier molecular flexibility index (Phi) is 4.11. The first-order valence-corrected chi connectivity index (χ1v) is 7.35. The zero-order chi connectivity index (χ0) is 10.7. The fraction of sp³-hybridized carbons (Fsp3) is 1.00. The van der Waals surface area contributed by atoms with E-state index >= 15 is 0 Å². The molecule has 0 bridgehead atoms. The molecule has 0 heteroatoms. The van der Waals surface area contributed by atoms with E-state index < -0.39 is 0 Å². The van der Waals surface area contributed by atoms with Gasteiger partial charge in [-0.05, 0) is 30.1 Å². The van der Waals surface area contributed by atoms with Crippen LogP contribution in [-0.2, 0) is 0 Å². The molecule has 88 valence electrons. The third kappa shape index (κ3) is 2.98. The predicted molar refractivity (Wildman–Crippen MR) is 66.9 cm³/mol. The molecule has 0 heterocycles. The molecule has 0 aliphatic heterocycles. The van der Waals surface area contributed by atoms with Crippen molar-refractivity contribution in [1.82, 2.24) is 0 Å². The van der Waals surface area contributed by atoms with Crippen LogP contribution in [0.25, 0.3) is 0 Å². The molecule has 0 nitrogen and oxygen atoms in total. The Bertz CT molecular complexity index is 174. The van der Waals surface area contributed by atoms with E-state index in [2.05, 4.69) is 13.8 Å². The standard InChI is InChI=1S/C15H28/c1-3-12-7-5-9-14(10-6-8-12)15-11-13(15)4-2/h12-15H,3-11H2,1-2H3. The highest BCUT2D eigenvalue weighted by molar-refractivity contribution is 4.90. The zero-order valence-electron chi connectivity index (χ0n) is 10.7. The van der Waals surface area contributed by atoms with Crippen molar-refractivity contribution in [3.63, 3.8) is 0 Å². The molecule has 2 rings (SSSR count). The molecule has 2 aliphatic rings. The van der Waals surface area contributed by atoms with Crippen LogP contribution < -0.4 is 0 Å².